The second-order valence-corrected chi connectivity index (χ2v) is 14.3. The number of nitrogens with one attached hydrogen (secondary N) is 2. The molecule has 0 unspecified atom stereocenters. The summed E-state index contributed by atoms with van der Waals surface area (Å²) in [5.74, 6) is -2.40. The summed E-state index contributed by atoms with van der Waals surface area (Å²) in [5.41, 5.74) is -4.01. The molecule has 2 amide bonds. The van der Waals surface area contributed by atoms with Crippen LogP contribution < -0.4 is 20.1 Å². The van der Waals surface area contributed by atoms with Gasteiger partial charge in [0.25, 0.3) is 15.7 Å². The van der Waals surface area contributed by atoms with Crippen LogP contribution in [-0.4, -0.2) is 50.5 Å². The van der Waals surface area contributed by atoms with Gasteiger partial charge in [0.05, 0.1) is 30.1 Å². The zero-order valence-electron chi connectivity index (χ0n) is 26.7. The molecule has 2 fully saturated rings. The molecule has 14 heteroatoms. The van der Waals surface area contributed by atoms with E-state index in [4.69, 9.17) is 9.47 Å². The maximum Gasteiger partial charge on any atom is 0.501 e. The molecule has 4 aromatic rings. The molecule has 3 aromatic carbocycles. The third-order valence-corrected chi connectivity index (χ3v) is 10.8. The molecule has 2 N–H and O–H groups in total. The first-order valence-electron chi connectivity index (χ1n) is 15.9. The Balaban J connectivity index is 1.17. The second-order valence-electron chi connectivity index (χ2n) is 12.3. The number of hydrogen-bond donors (Lipinski definition) is 2. The lowest BCUT2D eigenvalue weighted by molar-refractivity contribution is -0.122. The van der Waals surface area contributed by atoms with Crippen LogP contribution in [0.3, 0.4) is 0 Å². The first kappa shape index (κ1) is 34.9. The summed E-state index contributed by atoms with van der Waals surface area (Å²) in [5, 5.41) is 5.48. The molecule has 2 aliphatic carbocycles. The topological polar surface area (TPSA) is 124 Å². The zero-order chi connectivity index (χ0) is 35.6. The van der Waals surface area contributed by atoms with Gasteiger partial charge in [0, 0.05) is 47.6 Å². The van der Waals surface area contributed by atoms with Gasteiger partial charge in [-0.25, -0.2) is 17.8 Å². The fraction of sp³-hybridized carbons (Fsp3) is 0.306. The third-order valence-electron chi connectivity index (χ3n) is 9.30. The maximum atomic E-state index is 15.3. The molecule has 50 heavy (non-hydrogen) atoms. The number of benzene rings is 3. The standard InChI is InChI=1S/C36H33F4N3O6S/c1-48-30-19-29(37)27(24-12-13-31(41-20-24)49-15-14-21-6-3-2-4-7-21)18-28(30)34(44)43-33-23-11-10-22(16-23)32(33)35(45)42-25-8-5-9-26(17-25)50(46,47)36(38,39)40/h2-9,12-13,17-20,22-23,32-33H,10-11,14-16H2,1H3,(H,42,45)(H,43,44)/t22-,23+,32+,33-/m1/s1. The summed E-state index contributed by atoms with van der Waals surface area (Å²) in [6.45, 7) is 0.395. The van der Waals surface area contributed by atoms with Crippen molar-refractivity contribution in [2.45, 2.75) is 42.1 Å². The van der Waals surface area contributed by atoms with Crippen molar-refractivity contribution in [2.75, 3.05) is 19.0 Å². The van der Waals surface area contributed by atoms with E-state index in [2.05, 4.69) is 15.6 Å². The predicted molar refractivity (Wildman–Crippen MR) is 176 cm³/mol. The Labute approximate surface area is 285 Å². The molecule has 2 bridgehead atoms. The number of sulfone groups is 1. The minimum absolute atomic E-state index is 0.0237. The molecule has 4 atom stereocenters. The number of fused-ring (bicyclic) bond motifs is 2. The highest BCUT2D eigenvalue weighted by molar-refractivity contribution is 7.92. The lowest BCUT2D eigenvalue weighted by atomic mass is 9.83. The lowest BCUT2D eigenvalue weighted by Gasteiger charge is -2.31. The number of alkyl halides is 3. The first-order valence-corrected chi connectivity index (χ1v) is 17.4. The number of rotatable bonds is 11. The van der Waals surface area contributed by atoms with Gasteiger partial charge in [-0.15, -0.1) is 0 Å². The molecule has 2 saturated carbocycles. The summed E-state index contributed by atoms with van der Waals surface area (Å²) >= 11 is 0. The minimum Gasteiger partial charge on any atom is -0.496 e. The van der Waals surface area contributed by atoms with E-state index in [1.807, 2.05) is 30.3 Å². The quantitative estimate of drug-likeness (QED) is 0.168. The number of anilines is 1. The number of ether oxygens (including phenoxy) is 2. The Bertz CT molecular complexity index is 1990. The Morgan fingerprint density at radius 2 is 1.72 bits per heavy atom. The Morgan fingerprint density at radius 1 is 0.960 bits per heavy atom. The molecular formula is C36H33F4N3O6S. The van der Waals surface area contributed by atoms with E-state index < -0.39 is 49.8 Å². The van der Waals surface area contributed by atoms with E-state index in [-0.39, 0.29) is 34.4 Å². The van der Waals surface area contributed by atoms with Crippen molar-refractivity contribution in [3.05, 3.63) is 102 Å². The maximum absolute atomic E-state index is 15.3. The van der Waals surface area contributed by atoms with Gasteiger partial charge in [-0.3, -0.25) is 9.59 Å². The van der Waals surface area contributed by atoms with Gasteiger partial charge in [0.1, 0.15) is 11.6 Å². The Hall–Kier alpha value is -4.98. The van der Waals surface area contributed by atoms with Gasteiger partial charge >= 0.3 is 5.51 Å². The number of methoxy groups -OCH3 is 1. The summed E-state index contributed by atoms with van der Waals surface area (Å²) in [6.07, 6.45) is 4.22. The van der Waals surface area contributed by atoms with Crippen LogP contribution in [0.1, 0.15) is 35.2 Å². The van der Waals surface area contributed by atoms with Crippen molar-refractivity contribution in [3.63, 3.8) is 0 Å². The summed E-state index contributed by atoms with van der Waals surface area (Å²) in [4.78, 5) is 30.6. The van der Waals surface area contributed by atoms with Gasteiger partial charge in [-0.05, 0) is 67.0 Å². The molecule has 1 heterocycles. The van der Waals surface area contributed by atoms with Crippen LogP contribution in [0, 0.1) is 23.6 Å². The number of hydrogen-bond acceptors (Lipinski definition) is 7. The molecule has 0 aliphatic heterocycles. The summed E-state index contributed by atoms with van der Waals surface area (Å²) < 4.78 is 89.6. The second kappa shape index (κ2) is 14.1. The average Bonchev–Trinajstić information content (AvgIpc) is 3.71. The van der Waals surface area contributed by atoms with Crippen molar-refractivity contribution in [1.82, 2.24) is 10.3 Å². The number of aromatic nitrogens is 1. The van der Waals surface area contributed by atoms with Crippen LogP contribution in [0.15, 0.2) is 90.0 Å². The molecule has 1 aromatic heterocycles. The summed E-state index contributed by atoms with van der Waals surface area (Å²) in [6, 6.07) is 18.8. The van der Waals surface area contributed by atoms with Crippen LogP contribution in [0.5, 0.6) is 11.6 Å². The monoisotopic (exact) mass is 711 g/mol. The van der Waals surface area contributed by atoms with Crippen molar-refractivity contribution in [1.29, 1.82) is 0 Å². The molecule has 0 spiro atoms. The van der Waals surface area contributed by atoms with Crippen molar-refractivity contribution in [2.24, 2.45) is 17.8 Å². The molecule has 0 saturated heterocycles. The third kappa shape index (κ3) is 7.16. The molecule has 9 nitrogen and oxygen atoms in total. The molecule has 2 aliphatic rings. The molecule has 0 radical (unpaired) electrons. The number of pyridine rings is 1. The van der Waals surface area contributed by atoms with Gasteiger partial charge in [-0.2, -0.15) is 13.2 Å². The fourth-order valence-corrected chi connectivity index (χ4v) is 7.68. The van der Waals surface area contributed by atoms with Crippen LogP contribution in [0.2, 0.25) is 0 Å². The van der Waals surface area contributed by atoms with Gasteiger partial charge in [-0.1, -0.05) is 36.4 Å². The van der Waals surface area contributed by atoms with Crippen LogP contribution in [0.4, 0.5) is 23.2 Å². The van der Waals surface area contributed by atoms with Crippen LogP contribution >= 0.6 is 0 Å². The number of nitrogens with zero attached hydrogens (tertiary/aromatic N) is 1. The van der Waals surface area contributed by atoms with Gasteiger partial charge in [0.15, 0.2) is 0 Å². The fourth-order valence-electron chi connectivity index (χ4n) is 6.87. The molecular weight excluding hydrogens is 678 g/mol. The predicted octanol–water partition coefficient (Wildman–Crippen LogP) is 6.59. The average molecular weight is 712 g/mol. The number of amides is 2. The van der Waals surface area contributed by atoms with Crippen LogP contribution in [0.25, 0.3) is 11.1 Å². The highest BCUT2D eigenvalue weighted by Crippen LogP contribution is 2.49. The molecule has 262 valence electrons. The first-order chi connectivity index (χ1) is 23.9. The SMILES string of the molecule is COc1cc(F)c(-c2ccc(OCCc3ccccc3)nc2)cc1C(=O)N[C@@H]1[C@H]2CC[C@H](C2)[C@@H]1C(=O)Nc1cccc(S(=O)(=O)C(F)(F)F)c1. The van der Waals surface area contributed by atoms with Gasteiger partial charge < -0.3 is 20.1 Å². The zero-order valence-corrected chi connectivity index (χ0v) is 27.6. The number of carbonyl (C=O) groups excluding carboxylic acids is 2. The van der Waals surface area contributed by atoms with Crippen LogP contribution in [-0.2, 0) is 21.1 Å². The highest BCUT2D eigenvalue weighted by Gasteiger charge is 2.52. The molecule has 6 rings (SSSR count). The van der Waals surface area contributed by atoms with E-state index >= 15 is 4.39 Å². The van der Waals surface area contributed by atoms with E-state index in [1.165, 1.54) is 25.4 Å². The smallest absolute Gasteiger partial charge is 0.496 e. The number of carbonyl (C=O) groups is 2. The van der Waals surface area contributed by atoms with Gasteiger partial charge in [0.2, 0.25) is 11.8 Å². The Kier molecular flexibility index (Phi) is 9.83. The highest BCUT2D eigenvalue weighted by atomic mass is 32.2. The lowest BCUT2D eigenvalue weighted by Crippen LogP contribution is -2.48. The van der Waals surface area contributed by atoms with E-state index in [0.717, 1.165) is 36.2 Å². The van der Waals surface area contributed by atoms with E-state index in [1.54, 1.807) is 12.1 Å². The number of halogens is 4. The largest absolute Gasteiger partial charge is 0.501 e. The van der Waals surface area contributed by atoms with Crippen molar-refractivity contribution in [3.8, 4) is 22.8 Å². The summed E-state index contributed by atoms with van der Waals surface area (Å²) in [7, 11) is -4.32. The minimum atomic E-state index is -5.63. The van der Waals surface area contributed by atoms with Crippen molar-refractivity contribution >= 4 is 27.3 Å². The van der Waals surface area contributed by atoms with E-state index in [9.17, 15) is 31.2 Å². The van der Waals surface area contributed by atoms with E-state index in [0.29, 0.717) is 37.3 Å². The van der Waals surface area contributed by atoms with Crippen molar-refractivity contribution < 1.29 is 45.0 Å². The normalized spacial score (nSPS) is 19.9. The Morgan fingerprint density at radius 3 is 2.42 bits per heavy atom.